The lowest BCUT2D eigenvalue weighted by Gasteiger charge is -2.60. The number of pyridine rings is 2. The molecule has 4 heterocycles. The molecule has 2 aliphatic heterocycles. The summed E-state index contributed by atoms with van der Waals surface area (Å²) in [5.74, 6) is -6.64. The summed E-state index contributed by atoms with van der Waals surface area (Å²) in [5, 5.41) is 30.5. The third-order valence-corrected chi connectivity index (χ3v) is 21.0. The number of aliphatic hydroxyl groups is 2. The third-order valence-electron chi connectivity index (χ3n) is 21.0. The zero-order valence-corrected chi connectivity index (χ0v) is 51.8. The molecule has 4 N–H and O–H groups in total. The summed E-state index contributed by atoms with van der Waals surface area (Å²) in [6, 6.07) is 1.87. The molecule has 0 radical (unpaired) electrons. The Bertz CT molecular complexity index is 3600. The summed E-state index contributed by atoms with van der Waals surface area (Å²) in [4.78, 5) is 114. The van der Waals surface area contributed by atoms with Crippen LogP contribution in [0.3, 0.4) is 0 Å². The number of Topliss-reactive ketones (excluding diaryl/α,β-unsaturated/α-hetero) is 1. The van der Waals surface area contributed by atoms with Gasteiger partial charge in [-0.05, 0) is 119 Å². The summed E-state index contributed by atoms with van der Waals surface area (Å²) < 4.78 is 70.2. The van der Waals surface area contributed by atoms with E-state index in [2.05, 4.69) is 17.6 Å². The van der Waals surface area contributed by atoms with Gasteiger partial charge in [0.05, 0.1) is 55.0 Å². The maximum atomic E-state index is 16.3. The van der Waals surface area contributed by atoms with Crippen molar-refractivity contribution in [2.24, 2.45) is 28.6 Å². The van der Waals surface area contributed by atoms with Crippen molar-refractivity contribution in [3.63, 3.8) is 0 Å². The molecule has 8 aliphatic rings. The molecular formula is C66H80F2N6O16. The molecule has 12 rings (SSSR count). The lowest BCUT2D eigenvalue weighted by atomic mass is 9.45. The maximum absolute atomic E-state index is 16.3. The first-order valence-electron chi connectivity index (χ1n) is 31.7. The molecule has 0 bridgehead atoms. The van der Waals surface area contributed by atoms with Crippen molar-refractivity contribution in [2.45, 2.75) is 153 Å². The highest BCUT2D eigenvalue weighted by atomic mass is 19.1. The number of fused-ring (bicyclic) bond motifs is 7. The largest absolute Gasteiger partial charge is 0.492 e. The Morgan fingerprint density at radius 3 is 1.73 bits per heavy atom. The summed E-state index contributed by atoms with van der Waals surface area (Å²) in [6.07, 6.45) is 6.43. The average molecular weight is 1250 g/mol. The summed E-state index contributed by atoms with van der Waals surface area (Å²) in [7, 11) is 2.77. The summed E-state index contributed by atoms with van der Waals surface area (Å²) in [5.41, 5.74) is -4.09. The van der Waals surface area contributed by atoms with Crippen LogP contribution in [0.4, 0.5) is 20.2 Å². The van der Waals surface area contributed by atoms with E-state index in [1.807, 2.05) is 30.6 Å². The molecule has 0 amide bonds. The number of aliphatic hydroxyl groups excluding tert-OH is 1. The number of nitrogens with zero attached hydrogens (tertiary/aromatic N) is 4. The number of ketones is 2. The number of halogens is 2. The van der Waals surface area contributed by atoms with Crippen LogP contribution < -0.4 is 40.8 Å². The van der Waals surface area contributed by atoms with Gasteiger partial charge in [-0.3, -0.25) is 28.8 Å². The van der Waals surface area contributed by atoms with Crippen LogP contribution in [0.2, 0.25) is 0 Å². The molecular weight excluding hydrogens is 1170 g/mol. The topological polar surface area (TPSA) is 273 Å². The second-order valence-corrected chi connectivity index (χ2v) is 26.8. The molecule has 4 aromatic rings. The summed E-state index contributed by atoms with van der Waals surface area (Å²) >= 11 is 0. The number of carbonyl (C=O) groups excluding carboxylic acids is 6. The van der Waals surface area contributed by atoms with E-state index < -0.39 is 119 Å². The van der Waals surface area contributed by atoms with E-state index >= 15 is 8.78 Å². The van der Waals surface area contributed by atoms with E-state index in [9.17, 15) is 48.6 Å². The first-order valence-corrected chi connectivity index (χ1v) is 31.7. The maximum Gasteiger partial charge on any atom is 0.343 e. The number of nitrogens with one attached hydrogen (secondary N) is 2. The monoisotopic (exact) mass is 1250 g/mol. The summed E-state index contributed by atoms with van der Waals surface area (Å²) in [6.45, 7) is 8.35. The Morgan fingerprint density at radius 1 is 0.711 bits per heavy atom. The number of methoxy groups -OCH3 is 2. The fourth-order valence-electron chi connectivity index (χ4n) is 16.3. The van der Waals surface area contributed by atoms with Gasteiger partial charge in [0.1, 0.15) is 41.3 Å². The van der Waals surface area contributed by atoms with Crippen LogP contribution in [0.5, 0.6) is 11.5 Å². The second kappa shape index (κ2) is 24.4. The van der Waals surface area contributed by atoms with Crippen molar-refractivity contribution >= 4 is 68.6 Å². The molecule has 6 aliphatic carbocycles. The van der Waals surface area contributed by atoms with Gasteiger partial charge < -0.3 is 68.2 Å². The molecule has 2 aromatic carbocycles. The van der Waals surface area contributed by atoms with Gasteiger partial charge in [0, 0.05) is 87.7 Å². The Hall–Kier alpha value is -7.28. The molecule has 484 valence electrons. The standard InChI is InChI=1S/C66H80F2N6O16/c1-34-27-71(21-19-69-34)56-47(67)24-42-54(60(56)85-5)73(37-8-9-37)29-44(58(42)80)62(82)88-31-40(32-89-63(83)45-30-74(38-10-11-38)55-43(59(45)81)25-48(68)57(61(55)86-6)72-22-20-70-35(2)28-72)90-52(79)14-13-51(78)87-33-50(77)66(84)18-16-46-41-12-7-36-23-39(75)15-17-64(36,3)53(41)49(76)26-65(46,66)4/h23-25,29-30,34-35,37-38,40-41,46,49,53,69-70,76,84H,7-22,26-28,31-33H2,1-6H3/t34?,35?,40?,41-,46-,49-,53+,64-,65-,66-/m0/s1. The minimum Gasteiger partial charge on any atom is -0.492 e. The lowest BCUT2D eigenvalue weighted by molar-refractivity contribution is -0.184. The van der Waals surface area contributed by atoms with E-state index in [1.54, 1.807) is 15.2 Å². The molecule has 5 saturated carbocycles. The van der Waals surface area contributed by atoms with Crippen LogP contribution in [0.25, 0.3) is 21.8 Å². The molecule has 7 fully saturated rings. The highest BCUT2D eigenvalue weighted by Gasteiger charge is 2.68. The van der Waals surface area contributed by atoms with Gasteiger partial charge in [-0.15, -0.1) is 0 Å². The Labute approximate surface area is 518 Å². The second-order valence-electron chi connectivity index (χ2n) is 26.8. The number of piperazine rings is 2. The Morgan fingerprint density at radius 2 is 1.23 bits per heavy atom. The zero-order valence-electron chi connectivity index (χ0n) is 51.8. The number of benzene rings is 2. The minimum absolute atomic E-state index is 0.0170. The number of ether oxygens (including phenoxy) is 6. The van der Waals surface area contributed by atoms with Gasteiger partial charge in [-0.2, -0.15) is 0 Å². The number of rotatable bonds is 19. The van der Waals surface area contributed by atoms with Crippen molar-refractivity contribution < 1.29 is 76.2 Å². The predicted octanol–water partition coefficient (Wildman–Crippen LogP) is 5.93. The van der Waals surface area contributed by atoms with Crippen LogP contribution in [0.1, 0.15) is 144 Å². The van der Waals surface area contributed by atoms with E-state index in [0.29, 0.717) is 108 Å². The number of allylic oxidation sites excluding steroid dienone is 1. The minimum atomic E-state index is -1.94. The van der Waals surface area contributed by atoms with Crippen molar-refractivity contribution in [1.82, 2.24) is 19.8 Å². The number of hydrogen-bond donors (Lipinski definition) is 4. The SMILES string of the molecule is COc1c(N2CCNC(C)C2)c(F)cc2c(=O)c(C(=O)OCC(COC(=O)c3cn(C4CC4)c4c(OC)c(N5CCNC(C)C5)c(F)cc4c3=O)OC(=O)CCC(=O)OCC(=O)[C@@]3(O)CC[C@H]4[C@@H]5CCC6=CC(=O)CC[C@]6(C)[C@H]5[C@@H](O)C[C@@]43C)cn(C3CC3)c12. The molecule has 2 unspecified atom stereocenters. The fourth-order valence-corrected chi connectivity index (χ4v) is 16.3. The molecule has 0 spiro atoms. The molecule has 9 atom stereocenters. The average Bonchev–Trinajstić information content (AvgIpc) is 1.17. The predicted molar refractivity (Wildman–Crippen MR) is 324 cm³/mol. The number of esters is 4. The van der Waals surface area contributed by atoms with Gasteiger partial charge in [0.15, 0.2) is 41.6 Å². The lowest BCUT2D eigenvalue weighted by Crippen LogP contribution is -2.62. The zero-order chi connectivity index (χ0) is 63.9. The van der Waals surface area contributed by atoms with E-state index in [1.165, 1.54) is 26.6 Å². The first-order chi connectivity index (χ1) is 43.0. The molecule has 2 saturated heterocycles. The first kappa shape index (κ1) is 62.9. The number of hydrogen-bond acceptors (Lipinski definition) is 20. The third kappa shape index (κ3) is 11.2. The van der Waals surface area contributed by atoms with Crippen molar-refractivity contribution in [3.8, 4) is 11.5 Å². The fraction of sp³-hybridized carbons (Fsp3) is 0.606. The van der Waals surface area contributed by atoms with Crippen molar-refractivity contribution in [2.75, 3.05) is 83.1 Å². The van der Waals surface area contributed by atoms with Crippen LogP contribution in [-0.4, -0.2) is 158 Å². The van der Waals surface area contributed by atoms with Crippen LogP contribution in [0, 0.1) is 40.2 Å². The normalized spacial score (nSPS) is 28.5. The van der Waals surface area contributed by atoms with E-state index in [0.717, 1.165) is 17.7 Å². The van der Waals surface area contributed by atoms with Gasteiger partial charge in [0.2, 0.25) is 16.6 Å². The Kier molecular flexibility index (Phi) is 17.1. The highest BCUT2D eigenvalue weighted by Crippen LogP contribution is 2.68. The van der Waals surface area contributed by atoms with Gasteiger partial charge in [-0.1, -0.05) is 19.4 Å². The van der Waals surface area contributed by atoms with E-state index in [4.69, 9.17) is 28.4 Å². The van der Waals surface area contributed by atoms with Crippen LogP contribution in [-0.2, 0) is 38.1 Å². The number of anilines is 2. The van der Waals surface area contributed by atoms with E-state index in [-0.39, 0.29) is 99.6 Å². The molecule has 22 nitrogen and oxygen atoms in total. The highest BCUT2D eigenvalue weighted by molar-refractivity contribution is 5.99. The molecule has 2 aromatic heterocycles. The van der Waals surface area contributed by atoms with Crippen molar-refractivity contribution in [1.29, 1.82) is 0 Å². The van der Waals surface area contributed by atoms with Crippen molar-refractivity contribution in [3.05, 3.63) is 79.4 Å². The Balaban J connectivity index is 0.764. The van der Waals surface area contributed by atoms with Gasteiger partial charge >= 0.3 is 23.9 Å². The quantitative estimate of drug-likeness (QED) is 0.0626. The van der Waals surface area contributed by atoms with Crippen LogP contribution in [0.15, 0.2) is 45.8 Å². The number of carbonyl (C=O) groups is 6. The van der Waals surface area contributed by atoms with Gasteiger partial charge in [-0.25, -0.2) is 18.4 Å². The van der Waals surface area contributed by atoms with Crippen LogP contribution >= 0.6 is 0 Å². The van der Waals surface area contributed by atoms with Gasteiger partial charge in [0.25, 0.3) is 0 Å². The smallest absolute Gasteiger partial charge is 0.343 e. The number of aromatic nitrogens is 2. The molecule has 90 heavy (non-hydrogen) atoms. The molecule has 24 heteroatoms.